The van der Waals surface area contributed by atoms with Crippen molar-refractivity contribution < 1.29 is 9.13 Å². The first-order valence-corrected chi connectivity index (χ1v) is 5.62. The maximum absolute atomic E-state index is 13.4. The molecule has 2 rings (SSSR count). The van der Waals surface area contributed by atoms with Gasteiger partial charge >= 0.3 is 0 Å². The molecule has 2 aromatic rings. The van der Waals surface area contributed by atoms with E-state index in [1.807, 2.05) is 0 Å². The molecular formula is C11H9BrFN3O. The Hall–Kier alpha value is -1.53. The topological polar surface area (TPSA) is 61.0 Å². The van der Waals surface area contributed by atoms with Gasteiger partial charge in [0.1, 0.15) is 0 Å². The Balaban J connectivity index is 2.27. The van der Waals surface area contributed by atoms with E-state index in [9.17, 15) is 4.39 Å². The Bertz CT molecular complexity index is 536. The molecule has 0 aliphatic rings. The van der Waals surface area contributed by atoms with Crippen LogP contribution in [0.25, 0.3) is 0 Å². The Kier molecular flexibility index (Phi) is 3.65. The van der Waals surface area contributed by atoms with Gasteiger partial charge < -0.3 is 10.5 Å². The second-order valence-corrected chi connectivity index (χ2v) is 4.15. The number of nitrogens with zero attached hydrogens (tertiary/aromatic N) is 2. The van der Waals surface area contributed by atoms with Crippen LogP contribution < -0.4 is 10.5 Å². The SMILES string of the molecule is NCc1cncc(Oc2cc(Br)ccc2F)n1. The van der Waals surface area contributed by atoms with Crippen LogP contribution in [-0.4, -0.2) is 9.97 Å². The molecule has 0 aliphatic carbocycles. The van der Waals surface area contributed by atoms with Crippen LogP contribution in [0.4, 0.5) is 4.39 Å². The summed E-state index contributed by atoms with van der Waals surface area (Å²) in [5.41, 5.74) is 6.01. The maximum atomic E-state index is 13.4. The highest BCUT2D eigenvalue weighted by Crippen LogP contribution is 2.26. The lowest BCUT2D eigenvalue weighted by molar-refractivity contribution is 0.423. The van der Waals surface area contributed by atoms with Crippen LogP contribution in [0.5, 0.6) is 11.6 Å². The summed E-state index contributed by atoms with van der Waals surface area (Å²) in [6.45, 7) is 0.255. The fourth-order valence-electron chi connectivity index (χ4n) is 1.20. The number of rotatable bonds is 3. The van der Waals surface area contributed by atoms with E-state index in [2.05, 4.69) is 25.9 Å². The Morgan fingerprint density at radius 1 is 1.35 bits per heavy atom. The number of benzene rings is 1. The van der Waals surface area contributed by atoms with Gasteiger partial charge in [0.05, 0.1) is 11.9 Å². The van der Waals surface area contributed by atoms with Crippen molar-refractivity contribution in [3.63, 3.8) is 0 Å². The summed E-state index contributed by atoms with van der Waals surface area (Å²) in [7, 11) is 0. The van der Waals surface area contributed by atoms with Crippen LogP contribution in [0, 0.1) is 5.82 Å². The fraction of sp³-hybridized carbons (Fsp3) is 0.0909. The highest BCUT2D eigenvalue weighted by Gasteiger charge is 2.07. The van der Waals surface area contributed by atoms with Crippen LogP contribution in [0.1, 0.15) is 5.69 Å². The zero-order valence-corrected chi connectivity index (χ0v) is 10.3. The Morgan fingerprint density at radius 3 is 2.94 bits per heavy atom. The van der Waals surface area contributed by atoms with Crippen LogP contribution in [0.15, 0.2) is 35.1 Å². The maximum Gasteiger partial charge on any atom is 0.238 e. The van der Waals surface area contributed by atoms with Crippen molar-refractivity contribution in [3.05, 3.63) is 46.6 Å². The molecule has 17 heavy (non-hydrogen) atoms. The largest absolute Gasteiger partial charge is 0.434 e. The van der Waals surface area contributed by atoms with E-state index in [0.29, 0.717) is 5.69 Å². The normalized spacial score (nSPS) is 10.3. The second-order valence-electron chi connectivity index (χ2n) is 3.23. The summed E-state index contributed by atoms with van der Waals surface area (Å²) >= 11 is 3.24. The molecule has 6 heteroatoms. The molecule has 4 nitrogen and oxygen atoms in total. The molecule has 1 heterocycles. The van der Waals surface area contributed by atoms with Crippen LogP contribution in [0.2, 0.25) is 0 Å². The van der Waals surface area contributed by atoms with Crippen LogP contribution >= 0.6 is 15.9 Å². The van der Waals surface area contributed by atoms with E-state index < -0.39 is 5.82 Å². The Labute approximate surface area is 106 Å². The van der Waals surface area contributed by atoms with E-state index in [1.54, 1.807) is 6.07 Å². The summed E-state index contributed by atoms with van der Waals surface area (Å²) in [5, 5.41) is 0. The molecule has 0 bridgehead atoms. The third-order valence-electron chi connectivity index (χ3n) is 1.98. The van der Waals surface area contributed by atoms with Crippen molar-refractivity contribution in [2.45, 2.75) is 6.54 Å². The number of aromatic nitrogens is 2. The van der Waals surface area contributed by atoms with Gasteiger partial charge in [-0.15, -0.1) is 0 Å². The third-order valence-corrected chi connectivity index (χ3v) is 2.47. The van der Waals surface area contributed by atoms with E-state index >= 15 is 0 Å². The number of halogens is 2. The van der Waals surface area contributed by atoms with Crippen molar-refractivity contribution in [1.82, 2.24) is 9.97 Å². The number of hydrogen-bond acceptors (Lipinski definition) is 4. The van der Waals surface area contributed by atoms with Gasteiger partial charge in [-0.1, -0.05) is 15.9 Å². The Morgan fingerprint density at radius 2 is 2.18 bits per heavy atom. The minimum Gasteiger partial charge on any atom is -0.434 e. The molecule has 0 radical (unpaired) electrons. The molecule has 0 atom stereocenters. The van der Waals surface area contributed by atoms with Gasteiger partial charge in [-0.2, -0.15) is 0 Å². The molecule has 0 saturated heterocycles. The third kappa shape index (κ3) is 2.98. The molecule has 0 unspecified atom stereocenters. The summed E-state index contributed by atoms with van der Waals surface area (Å²) in [4.78, 5) is 7.97. The van der Waals surface area contributed by atoms with E-state index in [1.165, 1.54) is 24.5 Å². The lowest BCUT2D eigenvalue weighted by Crippen LogP contribution is -2.01. The van der Waals surface area contributed by atoms with Gasteiger partial charge in [-0.05, 0) is 18.2 Å². The first-order chi connectivity index (χ1) is 8.19. The van der Waals surface area contributed by atoms with Gasteiger partial charge in [-0.25, -0.2) is 9.37 Å². The highest BCUT2D eigenvalue weighted by atomic mass is 79.9. The average molecular weight is 298 g/mol. The first kappa shape index (κ1) is 11.9. The molecule has 0 spiro atoms. The van der Waals surface area contributed by atoms with Crippen LogP contribution in [0.3, 0.4) is 0 Å². The minimum absolute atomic E-state index is 0.0860. The standard InChI is InChI=1S/C11H9BrFN3O/c12-7-1-2-9(13)10(3-7)17-11-6-15-5-8(4-14)16-11/h1-3,5-6H,4,14H2. The fourth-order valence-corrected chi connectivity index (χ4v) is 1.54. The minimum atomic E-state index is -0.465. The lowest BCUT2D eigenvalue weighted by atomic mass is 10.3. The van der Waals surface area contributed by atoms with Gasteiger partial charge in [0.25, 0.3) is 0 Å². The summed E-state index contributed by atoms with van der Waals surface area (Å²) in [6.07, 6.45) is 2.93. The molecule has 1 aromatic carbocycles. The van der Waals surface area contributed by atoms with E-state index in [4.69, 9.17) is 10.5 Å². The van der Waals surface area contributed by atoms with Crippen molar-refractivity contribution in [1.29, 1.82) is 0 Å². The molecule has 0 amide bonds. The molecule has 88 valence electrons. The molecular weight excluding hydrogens is 289 g/mol. The van der Waals surface area contributed by atoms with Crippen molar-refractivity contribution in [2.24, 2.45) is 5.73 Å². The molecule has 0 aliphatic heterocycles. The zero-order valence-electron chi connectivity index (χ0n) is 8.73. The average Bonchev–Trinajstić information content (AvgIpc) is 2.34. The van der Waals surface area contributed by atoms with E-state index in [-0.39, 0.29) is 18.2 Å². The predicted octanol–water partition coefficient (Wildman–Crippen LogP) is 2.63. The molecule has 2 N–H and O–H groups in total. The quantitative estimate of drug-likeness (QED) is 0.946. The molecule has 0 fully saturated rings. The summed E-state index contributed by atoms with van der Waals surface area (Å²) in [6, 6.07) is 4.41. The predicted molar refractivity (Wildman–Crippen MR) is 64.1 cm³/mol. The number of ether oxygens (including phenoxy) is 1. The van der Waals surface area contributed by atoms with Gasteiger partial charge in [0.2, 0.25) is 5.88 Å². The molecule has 1 aromatic heterocycles. The van der Waals surface area contributed by atoms with Crippen molar-refractivity contribution in [3.8, 4) is 11.6 Å². The zero-order chi connectivity index (χ0) is 12.3. The number of nitrogens with two attached hydrogens (primary N) is 1. The second kappa shape index (κ2) is 5.20. The summed E-state index contributed by atoms with van der Waals surface area (Å²) < 4.78 is 19.4. The van der Waals surface area contributed by atoms with Crippen molar-refractivity contribution in [2.75, 3.05) is 0 Å². The smallest absolute Gasteiger partial charge is 0.238 e. The van der Waals surface area contributed by atoms with Crippen LogP contribution in [-0.2, 0) is 6.54 Å². The van der Waals surface area contributed by atoms with E-state index in [0.717, 1.165) is 4.47 Å². The van der Waals surface area contributed by atoms with Gasteiger partial charge in [-0.3, -0.25) is 4.98 Å². The molecule has 0 saturated carbocycles. The van der Waals surface area contributed by atoms with Gasteiger partial charge in [0, 0.05) is 17.2 Å². The summed E-state index contributed by atoms with van der Waals surface area (Å²) in [5.74, 6) is -0.166. The highest BCUT2D eigenvalue weighted by molar-refractivity contribution is 9.10. The van der Waals surface area contributed by atoms with Crippen molar-refractivity contribution >= 4 is 15.9 Å². The first-order valence-electron chi connectivity index (χ1n) is 4.83. The number of hydrogen-bond donors (Lipinski definition) is 1. The van der Waals surface area contributed by atoms with Gasteiger partial charge in [0.15, 0.2) is 11.6 Å². The monoisotopic (exact) mass is 297 g/mol. The lowest BCUT2D eigenvalue weighted by Gasteiger charge is -2.06.